The van der Waals surface area contributed by atoms with Gasteiger partial charge in [-0.25, -0.2) is 0 Å². The standard InChI is InChI=1S/C27H38N2O7/c1-5-6-7-22(32)29(10-8-16(2)3)20-14-19(27(34)28-9-11-30)23-18-12-17(15-31)13-21(35-4)25(18)36-26(23)24(20)33/h12-16,20,23-24,26,30,33H,5-11H2,1-4H3,(H,28,34)/t20-,23+,24+,26+/m1/s1. The number of hydrogen-bond donors (Lipinski definition) is 3. The van der Waals surface area contributed by atoms with Gasteiger partial charge >= 0.3 is 0 Å². The third-order valence-electron chi connectivity index (χ3n) is 6.78. The quantitative estimate of drug-likeness (QED) is 0.374. The second kappa shape index (κ2) is 12.4. The highest BCUT2D eigenvalue weighted by Crippen LogP contribution is 2.51. The number of amides is 2. The Labute approximate surface area is 212 Å². The number of ether oxygens (including phenoxy) is 2. The van der Waals surface area contributed by atoms with Crippen LogP contribution in [0.1, 0.15) is 68.3 Å². The maximum atomic E-state index is 13.3. The third-order valence-corrected chi connectivity index (χ3v) is 6.78. The summed E-state index contributed by atoms with van der Waals surface area (Å²) in [5.41, 5.74) is 1.25. The van der Waals surface area contributed by atoms with Gasteiger partial charge in [0.1, 0.15) is 18.5 Å². The molecule has 0 bridgehead atoms. The van der Waals surface area contributed by atoms with Crippen molar-refractivity contribution in [3.8, 4) is 11.5 Å². The van der Waals surface area contributed by atoms with Crippen LogP contribution in [0, 0.1) is 5.92 Å². The molecular weight excluding hydrogens is 464 g/mol. The largest absolute Gasteiger partial charge is 0.493 e. The fraction of sp³-hybridized carbons (Fsp3) is 0.593. The molecule has 3 rings (SSSR count). The lowest BCUT2D eigenvalue weighted by atomic mass is 9.77. The zero-order valence-corrected chi connectivity index (χ0v) is 21.5. The highest BCUT2D eigenvalue weighted by atomic mass is 16.5. The number of aliphatic hydroxyl groups excluding tert-OH is 2. The van der Waals surface area contributed by atoms with Crippen molar-refractivity contribution in [1.82, 2.24) is 10.2 Å². The van der Waals surface area contributed by atoms with Crippen molar-refractivity contribution in [2.75, 3.05) is 26.8 Å². The highest BCUT2D eigenvalue weighted by molar-refractivity contribution is 5.96. The topological polar surface area (TPSA) is 125 Å². The van der Waals surface area contributed by atoms with E-state index in [-0.39, 0.29) is 19.1 Å². The molecule has 1 aliphatic heterocycles. The molecule has 0 spiro atoms. The molecule has 0 radical (unpaired) electrons. The van der Waals surface area contributed by atoms with Crippen LogP contribution < -0.4 is 14.8 Å². The Morgan fingerprint density at radius 2 is 2.06 bits per heavy atom. The minimum atomic E-state index is -1.11. The Kier molecular flexibility index (Phi) is 9.50. The monoisotopic (exact) mass is 502 g/mol. The van der Waals surface area contributed by atoms with E-state index in [4.69, 9.17) is 9.47 Å². The van der Waals surface area contributed by atoms with E-state index in [0.717, 1.165) is 19.3 Å². The Hall–Kier alpha value is -2.91. The maximum Gasteiger partial charge on any atom is 0.247 e. The molecule has 0 aromatic heterocycles. The number of unbranched alkanes of at least 4 members (excludes halogenated alkanes) is 1. The Morgan fingerprint density at radius 3 is 2.67 bits per heavy atom. The number of rotatable bonds is 12. The molecule has 1 aliphatic carbocycles. The van der Waals surface area contributed by atoms with Crippen molar-refractivity contribution in [2.45, 2.75) is 70.6 Å². The number of carbonyl (C=O) groups is 3. The number of fused-ring (bicyclic) bond motifs is 3. The average Bonchev–Trinajstić information content (AvgIpc) is 3.26. The van der Waals surface area contributed by atoms with Crippen LogP contribution in [0.5, 0.6) is 11.5 Å². The van der Waals surface area contributed by atoms with Crippen LogP contribution in [0.3, 0.4) is 0 Å². The van der Waals surface area contributed by atoms with Gasteiger partial charge in [-0.1, -0.05) is 27.2 Å². The Balaban J connectivity index is 2.10. The first-order valence-electron chi connectivity index (χ1n) is 12.7. The van der Waals surface area contributed by atoms with Crippen molar-refractivity contribution in [3.63, 3.8) is 0 Å². The van der Waals surface area contributed by atoms with Gasteiger partial charge in [0.25, 0.3) is 0 Å². The van der Waals surface area contributed by atoms with Crippen LogP contribution in [0.2, 0.25) is 0 Å². The molecule has 2 aliphatic rings. The van der Waals surface area contributed by atoms with Gasteiger partial charge in [0, 0.05) is 36.2 Å². The van der Waals surface area contributed by atoms with Gasteiger partial charge in [0.15, 0.2) is 11.5 Å². The van der Waals surface area contributed by atoms with E-state index in [1.807, 2.05) is 6.92 Å². The lowest BCUT2D eigenvalue weighted by Gasteiger charge is -2.41. The number of aliphatic hydroxyl groups is 2. The fourth-order valence-electron chi connectivity index (χ4n) is 4.87. The molecule has 198 valence electrons. The summed E-state index contributed by atoms with van der Waals surface area (Å²) in [6.45, 7) is 6.41. The third kappa shape index (κ3) is 5.73. The summed E-state index contributed by atoms with van der Waals surface area (Å²) in [6.07, 6.45) is 3.06. The maximum absolute atomic E-state index is 13.3. The number of hydrogen-bond acceptors (Lipinski definition) is 7. The molecule has 0 saturated carbocycles. The zero-order chi connectivity index (χ0) is 26.4. The molecule has 36 heavy (non-hydrogen) atoms. The molecule has 2 amide bonds. The van der Waals surface area contributed by atoms with Crippen molar-refractivity contribution < 1.29 is 34.1 Å². The van der Waals surface area contributed by atoms with E-state index in [0.29, 0.717) is 53.4 Å². The van der Waals surface area contributed by atoms with Gasteiger partial charge in [0.2, 0.25) is 11.8 Å². The van der Waals surface area contributed by atoms with E-state index in [9.17, 15) is 24.6 Å². The van der Waals surface area contributed by atoms with Crippen LogP contribution in [0.25, 0.3) is 0 Å². The van der Waals surface area contributed by atoms with Crippen LogP contribution in [-0.4, -0.2) is 78.3 Å². The summed E-state index contributed by atoms with van der Waals surface area (Å²) in [5.74, 6) is -0.135. The second-order valence-corrected chi connectivity index (χ2v) is 9.78. The number of nitrogens with one attached hydrogen (secondary N) is 1. The molecule has 3 N–H and O–H groups in total. The molecule has 9 heteroatoms. The second-order valence-electron chi connectivity index (χ2n) is 9.78. The number of nitrogens with zero attached hydrogens (tertiary/aromatic N) is 1. The molecule has 0 unspecified atom stereocenters. The minimum Gasteiger partial charge on any atom is -0.493 e. The summed E-state index contributed by atoms with van der Waals surface area (Å²) < 4.78 is 11.6. The normalized spacial score (nSPS) is 22.2. The van der Waals surface area contributed by atoms with Gasteiger partial charge < -0.3 is 29.9 Å². The predicted octanol–water partition coefficient (Wildman–Crippen LogP) is 2.20. The van der Waals surface area contributed by atoms with Crippen LogP contribution in [-0.2, 0) is 9.59 Å². The van der Waals surface area contributed by atoms with Crippen LogP contribution >= 0.6 is 0 Å². The van der Waals surface area contributed by atoms with Crippen molar-refractivity contribution >= 4 is 18.1 Å². The van der Waals surface area contributed by atoms with Crippen molar-refractivity contribution in [2.24, 2.45) is 5.92 Å². The van der Waals surface area contributed by atoms with E-state index in [1.165, 1.54) is 7.11 Å². The lowest BCUT2D eigenvalue weighted by Crippen LogP contribution is -2.56. The molecule has 0 fully saturated rings. The van der Waals surface area contributed by atoms with E-state index < -0.39 is 30.1 Å². The summed E-state index contributed by atoms with van der Waals surface area (Å²) in [6, 6.07) is 2.42. The lowest BCUT2D eigenvalue weighted by molar-refractivity contribution is -0.137. The van der Waals surface area contributed by atoms with Crippen LogP contribution in [0.15, 0.2) is 23.8 Å². The number of aldehydes is 1. The van der Waals surface area contributed by atoms with Gasteiger partial charge in [0.05, 0.1) is 25.7 Å². The van der Waals surface area contributed by atoms with Gasteiger partial charge in [-0.3, -0.25) is 14.4 Å². The smallest absolute Gasteiger partial charge is 0.247 e. The van der Waals surface area contributed by atoms with E-state index in [2.05, 4.69) is 19.2 Å². The molecule has 9 nitrogen and oxygen atoms in total. The number of benzene rings is 1. The first kappa shape index (κ1) is 27.7. The molecule has 4 atom stereocenters. The van der Waals surface area contributed by atoms with Gasteiger partial charge in [-0.05, 0) is 37.0 Å². The first-order chi connectivity index (χ1) is 17.3. The van der Waals surface area contributed by atoms with E-state index in [1.54, 1.807) is 23.1 Å². The fourth-order valence-corrected chi connectivity index (χ4v) is 4.87. The number of carbonyl (C=O) groups excluding carboxylic acids is 3. The number of methoxy groups -OCH3 is 1. The molecular formula is C27H38N2O7. The summed E-state index contributed by atoms with van der Waals surface area (Å²) in [7, 11) is 1.46. The summed E-state index contributed by atoms with van der Waals surface area (Å²) in [4.78, 5) is 39.8. The molecule has 1 heterocycles. The molecule has 1 aromatic carbocycles. The minimum absolute atomic E-state index is 0.0543. The van der Waals surface area contributed by atoms with Crippen LogP contribution in [0.4, 0.5) is 0 Å². The zero-order valence-electron chi connectivity index (χ0n) is 21.5. The van der Waals surface area contributed by atoms with Gasteiger partial charge in [-0.15, -0.1) is 0 Å². The predicted molar refractivity (Wildman–Crippen MR) is 134 cm³/mol. The Morgan fingerprint density at radius 1 is 1.31 bits per heavy atom. The summed E-state index contributed by atoms with van der Waals surface area (Å²) >= 11 is 0. The SMILES string of the molecule is CCCCC(=O)N(CCC(C)C)[C@@H]1C=C(C(=O)NCCO)[C@@H]2c3cc(C=O)cc(OC)c3O[C@@H]2[C@H]1O. The molecule has 1 aromatic rings. The highest BCUT2D eigenvalue weighted by Gasteiger charge is 2.51. The average molecular weight is 503 g/mol. The van der Waals surface area contributed by atoms with Crippen molar-refractivity contribution in [1.29, 1.82) is 0 Å². The Bertz CT molecular complexity index is 991. The van der Waals surface area contributed by atoms with Gasteiger partial charge in [-0.2, -0.15) is 0 Å². The summed E-state index contributed by atoms with van der Waals surface area (Å²) in [5, 5.41) is 23.5. The first-order valence-corrected chi connectivity index (χ1v) is 12.7. The van der Waals surface area contributed by atoms with Crippen molar-refractivity contribution in [3.05, 3.63) is 34.9 Å². The van der Waals surface area contributed by atoms with E-state index >= 15 is 0 Å². The molecule has 0 saturated heterocycles.